The molecule has 1 unspecified atom stereocenters. The number of aliphatic hydroxyl groups is 2. The van der Waals surface area contributed by atoms with Crippen molar-refractivity contribution >= 4 is 0 Å². The Kier molecular flexibility index (Phi) is 3.35. The van der Waals surface area contributed by atoms with Crippen molar-refractivity contribution in [1.82, 2.24) is 0 Å². The normalized spacial score (nSPS) is 26.4. The second kappa shape index (κ2) is 4.87. The van der Waals surface area contributed by atoms with E-state index in [4.69, 9.17) is 9.47 Å². The minimum Gasteiger partial charge on any atom is -0.387 e. The van der Waals surface area contributed by atoms with Crippen LogP contribution in [0.25, 0.3) is 0 Å². The van der Waals surface area contributed by atoms with Crippen molar-refractivity contribution in [1.29, 1.82) is 0 Å². The lowest BCUT2D eigenvalue weighted by Crippen LogP contribution is -2.46. The van der Waals surface area contributed by atoms with Gasteiger partial charge in [-0.25, -0.2) is 0 Å². The maximum Gasteiger partial charge on any atom is 0.168 e. The minimum atomic E-state index is -1.08. The fourth-order valence-corrected chi connectivity index (χ4v) is 3.07. The first-order valence-corrected chi connectivity index (χ1v) is 6.87. The summed E-state index contributed by atoms with van der Waals surface area (Å²) in [6.07, 6.45) is 1.39. The van der Waals surface area contributed by atoms with Crippen LogP contribution in [0.3, 0.4) is 0 Å². The van der Waals surface area contributed by atoms with E-state index in [1.54, 1.807) is 0 Å². The van der Waals surface area contributed by atoms with E-state index < -0.39 is 17.5 Å². The molecule has 1 heterocycles. The second-order valence-electron chi connectivity index (χ2n) is 5.52. The van der Waals surface area contributed by atoms with Gasteiger partial charge in [-0.1, -0.05) is 30.3 Å². The smallest absolute Gasteiger partial charge is 0.168 e. The predicted octanol–water partition coefficient (Wildman–Crippen LogP) is 1.77. The van der Waals surface area contributed by atoms with Crippen LogP contribution < -0.4 is 0 Å². The van der Waals surface area contributed by atoms with E-state index >= 15 is 0 Å². The Morgan fingerprint density at radius 3 is 2.11 bits per heavy atom. The molecule has 19 heavy (non-hydrogen) atoms. The Labute approximate surface area is 113 Å². The first-order valence-electron chi connectivity index (χ1n) is 6.87. The number of ether oxygens (including phenoxy) is 2. The first-order chi connectivity index (χ1) is 9.14. The largest absolute Gasteiger partial charge is 0.387 e. The molecule has 2 N–H and O–H groups in total. The summed E-state index contributed by atoms with van der Waals surface area (Å²) in [6, 6.07) is 9.33. The summed E-state index contributed by atoms with van der Waals surface area (Å²) in [7, 11) is 0. The number of aliphatic hydroxyl groups excluding tert-OH is 1. The van der Waals surface area contributed by atoms with Crippen molar-refractivity contribution in [2.24, 2.45) is 0 Å². The van der Waals surface area contributed by atoms with Crippen LogP contribution in [-0.4, -0.2) is 34.8 Å². The van der Waals surface area contributed by atoms with Gasteiger partial charge >= 0.3 is 0 Å². The van der Waals surface area contributed by atoms with Crippen molar-refractivity contribution in [3.05, 3.63) is 35.9 Å². The lowest BCUT2D eigenvalue weighted by atomic mass is 9.76. The van der Waals surface area contributed by atoms with E-state index in [1.807, 2.05) is 30.3 Å². The molecule has 1 aromatic rings. The van der Waals surface area contributed by atoms with Crippen molar-refractivity contribution in [2.45, 2.75) is 43.2 Å². The summed E-state index contributed by atoms with van der Waals surface area (Å²) < 4.78 is 11.3. The quantitative estimate of drug-likeness (QED) is 0.854. The fourth-order valence-electron chi connectivity index (χ4n) is 3.07. The third-order valence-electron chi connectivity index (χ3n) is 4.32. The minimum absolute atomic E-state index is 0.489. The molecule has 1 saturated heterocycles. The summed E-state index contributed by atoms with van der Waals surface area (Å²) in [5.74, 6) is -0.511. The van der Waals surface area contributed by atoms with E-state index in [9.17, 15) is 10.2 Å². The van der Waals surface area contributed by atoms with E-state index in [0.717, 1.165) is 5.56 Å². The molecule has 4 heteroatoms. The maximum atomic E-state index is 10.7. The Bertz CT molecular complexity index is 415. The lowest BCUT2D eigenvalue weighted by Gasteiger charge is -2.42. The molecule has 1 aromatic carbocycles. The highest BCUT2D eigenvalue weighted by Gasteiger charge is 2.48. The van der Waals surface area contributed by atoms with E-state index in [-0.39, 0.29) is 0 Å². The van der Waals surface area contributed by atoms with Crippen LogP contribution in [0.2, 0.25) is 0 Å². The van der Waals surface area contributed by atoms with Crippen molar-refractivity contribution in [3.8, 4) is 0 Å². The van der Waals surface area contributed by atoms with Crippen molar-refractivity contribution in [2.75, 3.05) is 13.2 Å². The molecule has 1 saturated carbocycles. The van der Waals surface area contributed by atoms with Crippen LogP contribution in [0.1, 0.15) is 37.4 Å². The van der Waals surface area contributed by atoms with Gasteiger partial charge in [0.25, 0.3) is 0 Å². The first kappa shape index (κ1) is 13.1. The molecule has 1 aliphatic heterocycles. The van der Waals surface area contributed by atoms with Gasteiger partial charge in [-0.3, -0.25) is 0 Å². The Hall–Kier alpha value is -0.940. The van der Waals surface area contributed by atoms with Gasteiger partial charge in [0.05, 0.1) is 18.8 Å². The Morgan fingerprint density at radius 1 is 0.947 bits per heavy atom. The molecule has 4 nitrogen and oxygen atoms in total. The van der Waals surface area contributed by atoms with Crippen LogP contribution in [0.4, 0.5) is 0 Å². The zero-order valence-corrected chi connectivity index (χ0v) is 10.9. The maximum absolute atomic E-state index is 10.7. The molecule has 2 aliphatic rings. The second-order valence-corrected chi connectivity index (χ2v) is 5.52. The molecule has 2 fully saturated rings. The van der Waals surface area contributed by atoms with Crippen LogP contribution in [-0.2, 0) is 9.47 Å². The number of benzene rings is 1. The molecule has 0 radical (unpaired) electrons. The number of hydrogen-bond donors (Lipinski definition) is 2. The Balaban J connectivity index is 1.71. The summed E-state index contributed by atoms with van der Waals surface area (Å²) in [6.45, 7) is 1.25. The summed E-state index contributed by atoms with van der Waals surface area (Å²) in [4.78, 5) is 0. The van der Waals surface area contributed by atoms with E-state index in [0.29, 0.717) is 38.9 Å². The standard InChI is InChI=1S/C15H20O4/c16-13(12-4-2-1-3-5-12)14(17)6-8-15(9-7-14)18-10-11-19-15/h1-5,13,16-17H,6-11H2. The molecule has 3 rings (SSSR count). The SMILES string of the molecule is OC(c1ccccc1)C1(O)CCC2(CC1)OCCO2. The molecule has 1 spiro atoms. The lowest BCUT2D eigenvalue weighted by molar-refractivity contribution is -0.217. The van der Waals surface area contributed by atoms with Gasteiger partial charge in [0, 0.05) is 12.8 Å². The molecular formula is C15H20O4. The number of rotatable bonds is 2. The average Bonchev–Trinajstić information content (AvgIpc) is 2.92. The Morgan fingerprint density at radius 2 is 1.53 bits per heavy atom. The zero-order valence-electron chi connectivity index (χ0n) is 10.9. The van der Waals surface area contributed by atoms with Crippen LogP contribution in [0.15, 0.2) is 30.3 Å². The van der Waals surface area contributed by atoms with Gasteiger partial charge in [-0.2, -0.15) is 0 Å². The highest BCUT2D eigenvalue weighted by Crippen LogP contribution is 2.45. The topological polar surface area (TPSA) is 58.9 Å². The molecule has 104 valence electrons. The molecule has 1 aliphatic carbocycles. The van der Waals surface area contributed by atoms with Gasteiger partial charge in [-0.05, 0) is 18.4 Å². The summed E-state index contributed by atoms with van der Waals surface area (Å²) in [5, 5.41) is 21.1. The predicted molar refractivity (Wildman–Crippen MR) is 69.5 cm³/mol. The molecule has 0 amide bonds. The number of hydrogen-bond acceptors (Lipinski definition) is 4. The third-order valence-corrected chi connectivity index (χ3v) is 4.32. The third kappa shape index (κ3) is 2.41. The van der Waals surface area contributed by atoms with E-state index in [2.05, 4.69) is 0 Å². The molecular weight excluding hydrogens is 244 g/mol. The molecule has 1 atom stereocenters. The highest BCUT2D eigenvalue weighted by molar-refractivity contribution is 5.20. The highest BCUT2D eigenvalue weighted by atomic mass is 16.7. The summed E-state index contributed by atoms with van der Waals surface area (Å²) in [5.41, 5.74) is -0.323. The fraction of sp³-hybridized carbons (Fsp3) is 0.600. The average molecular weight is 264 g/mol. The van der Waals surface area contributed by atoms with Gasteiger partial charge < -0.3 is 19.7 Å². The van der Waals surface area contributed by atoms with Gasteiger partial charge in [-0.15, -0.1) is 0 Å². The summed E-state index contributed by atoms with van der Waals surface area (Å²) >= 11 is 0. The van der Waals surface area contributed by atoms with Crippen LogP contribution in [0.5, 0.6) is 0 Å². The van der Waals surface area contributed by atoms with Crippen molar-refractivity contribution in [3.63, 3.8) is 0 Å². The van der Waals surface area contributed by atoms with Crippen LogP contribution in [0, 0.1) is 0 Å². The zero-order chi connectivity index (χ0) is 13.3. The van der Waals surface area contributed by atoms with Gasteiger partial charge in [0.15, 0.2) is 5.79 Å². The van der Waals surface area contributed by atoms with E-state index in [1.165, 1.54) is 0 Å². The van der Waals surface area contributed by atoms with Gasteiger partial charge in [0.1, 0.15) is 6.10 Å². The molecule has 0 aromatic heterocycles. The van der Waals surface area contributed by atoms with Crippen molar-refractivity contribution < 1.29 is 19.7 Å². The van der Waals surface area contributed by atoms with Gasteiger partial charge in [0.2, 0.25) is 0 Å². The monoisotopic (exact) mass is 264 g/mol. The van der Waals surface area contributed by atoms with Crippen LogP contribution >= 0.6 is 0 Å². The molecule has 0 bridgehead atoms.